The maximum atomic E-state index is 12.9. The smallest absolute Gasteiger partial charge is 0.255 e. The molecule has 0 unspecified atom stereocenters. The van der Waals surface area contributed by atoms with Crippen LogP contribution in [0.2, 0.25) is 5.02 Å². The lowest BCUT2D eigenvalue weighted by Crippen LogP contribution is -2.12. The number of hydrogen-bond acceptors (Lipinski definition) is 4. The summed E-state index contributed by atoms with van der Waals surface area (Å²) in [5.41, 5.74) is 5.71. The van der Waals surface area contributed by atoms with Crippen molar-refractivity contribution < 1.29 is 14.3 Å². The molecule has 4 aromatic rings. The maximum absolute atomic E-state index is 12.9. The number of amides is 1. The second-order valence-electron chi connectivity index (χ2n) is 8.22. The Bertz CT molecular complexity index is 1430. The first-order valence-electron chi connectivity index (χ1n) is 11.5. The molecule has 6 heteroatoms. The predicted molar refractivity (Wildman–Crippen MR) is 143 cm³/mol. The van der Waals surface area contributed by atoms with Gasteiger partial charge in [-0.05, 0) is 77.7 Å². The first-order valence-corrected chi connectivity index (χ1v) is 11.8. The Hall–Kier alpha value is -4.27. The molecule has 1 amide bonds. The molecule has 4 rings (SSSR count). The van der Waals surface area contributed by atoms with Gasteiger partial charge < -0.3 is 14.8 Å². The number of ether oxygens (including phenoxy) is 2. The van der Waals surface area contributed by atoms with Crippen molar-refractivity contribution in [2.45, 2.75) is 13.3 Å². The van der Waals surface area contributed by atoms with Crippen LogP contribution in [-0.2, 0) is 6.42 Å². The summed E-state index contributed by atoms with van der Waals surface area (Å²) in [6.45, 7) is 2.44. The van der Waals surface area contributed by atoms with E-state index in [-0.39, 0.29) is 5.91 Å². The summed E-state index contributed by atoms with van der Waals surface area (Å²) < 4.78 is 11.4. The van der Waals surface area contributed by atoms with Gasteiger partial charge in [0.2, 0.25) is 0 Å². The van der Waals surface area contributed by atoms with Crippen LogP contribution in [0.1, 0.15) is 27.0 Å². The molecule has 1 N–H and O–H groups in total. The topological polar surface area (TPSA) is 71.3 Å². The zero-order chi connectivity index (χ0) is 25.5. The number of carbonyl (C=O) groups is 1. The second kappa shape index (κ2) is 11.4. The summed E-state index contributed by atoms with van der Waals surface area (Å²) >= 11 is 6.04. The van der Waals surface area contributed by atoms with Crippen LogP contribution >= 0.6 is 11.6 Å². The molecule has 0 fully saturated rings. The average molecular weight is 497 g/mol. The molecule has 180 valence electrons. The number of hydrogen-bond donors (Lipinski definition) is 1. The molecular formula is C30H25ClN2O3. The van der Waals surface area contributed by atoms with Crippen molar-refractivity contribution in [2.75, 3.05) is 19.0 Å². The Kier molecular flexibility index (Phi) is 7.89. The Morgan fingerprint density at radius 2 is 1.75 bits per heavy atom. The molecule has 4 aromatic carbocycles. The van der Waals surface area contributed by atoms with E-state index in [4.69, 9.17) is 21.1 Å². The molecule has 0 bridgehead atoms. The number of methoxy groups -OCH3 is 1. The minimum atomic E-state index is -0.263. The van der Waals surface area contributed by atoms with Gasteiger partial charge in [-0.2, -0.15) is 5.26 Å². The largest absolute Gasteiger partial charge is 0.493 e. The summed E-state index contributed by atoms with van der Waals surface area (Å²) in [7, 11) is 1.57. The number of nitrogens with one attached hydrogen (secondary N) is 1. The monoisotopic (exact) mass is 496 g/mol. The summed E-state index contributed by atoms with van der Waals surface area (Å²) in [5, 5.41) is 13.0. The van der Waals surface area contributed by atoms with Crippen LogP contribution in [0, 0.1) is 18.3 Å². The maximum Gasteiger partial charge on any atom is 0.255 e. The van der Waals surface area contributed by atoms with E-state index in [0.29, 0.717) is 46.4 Å². The first kappa shape index (κ1) is 24.8. The van der Waals surface area contributed by atoms with Crippen molar-refractivity contribution in [2.24, 2.45) is 0 Å². The molecule has 0 aliphatic rings. The highest BCUT2D eigenvalue weighted by Crippen LogP contribution is 2.29. The molecule has 0 saturated carbocycles. The van der Waals surface area contributed by atoms with Gasteiger partial charge in [0.15, 0.2) is 11.5 Å². The number of nitrogens with zero attached hydrogens (tertiary/aromatic N) is 1. The molecule has 0 heterocycles. The number of benzene rings is 4. The molecule has 0 radical (unpaired) electrons. The van der Waals surface area contributed by atoms with Gasteiger partial charge in [0.1, 0.15) is 0 Å². The lowest BCUT2D eigenvalue weighted by atomic mass is 10.0. The van der Waals surface area contributed by atoms with Crippen LogP contribution < -0.4 is 14.8 Å². The van der Waals surface area contributed by atoms with Gasteiger partial charge in [-0.1, -0.05) is 48.0 Å². The fraction of sp³-hybridized carbons (Fsp3) is 0.133. The van der Waals surface area contributed by atoms with Crippen molar-refractivity contribution in [1.29, 1.82) is 5.26 Å². The SMILES string of the molecule is COc1ccc(C(=O)Nc2ccc(-c3ccccc3C#N)cc2)cc1OCCc1ccc(Cl)cc1C. The Morgan fingerprint density at radius 3 is 2.47 bits per heavy atom. The van der Waals surface area contributed by atoms with Crippen LogP contribution in [0.15, 0.2) is 84.9 Å². The second-order valence-corrected chi connectivity index (χ2v) is 8.66. The Morgan fingerprint density at radius 1 is 0.972 bits per heavy atom. The van der Waals surface area contributed by atoms with Gasteiger partial charge in [0, 0.05) is 22.7 Å². The highest BCUT2D eigenvalue weighted by Gasteiger charge is 2.13. The summed E-state index contributed by atoms with van der Waals surface area (Å²) in [4.78, 5) is 12.9. The van der Waals surface area contributed by atoms with Gasteiger partial charge in [-0.25, -0.2) is 0 Å². The van der Waals surface area contributed by atoms with E-state index in [0.717, 1.165) is 22.3 Å². The highest BCUT2D eigenvalue weighted by atomic mass is 35.5. The summed E-state index contributed by atoms with van der Waals surface area (Å²) in [6, 6.07) is 27.9. The number of anilines is 1. The third-order valence-corrected chi connectivity index (χ3v) is 6.10. The van der Waals surface area contributed by atoms with Gasteiger partial charge in [-0.3, -0.25) is 4.79 Å². The van der Waals surface area contributed by atoms with Crippen LogP contribution in [-0.4, -0.2) is 19.6 Å². The first-order chi connectivity index (χ1) is 17.5. The number of rotatable bonds is 8. The molecule has 0 atom stereocenters. The van der Waals surface area contributed by atoms with Crippen molar-refractivity contribution in [3.63, 3.8) is 0 Å². The molecule has 0 aliphatic carbocycles. The predicted octanol–water partition coefficient (Wildman–Crippen LogP) is 7.07. The summed E-state index contributed by atoms with van der Waals surface area (Å²) in [5.74, 6) is 0.793. The zero-order valence-corrected chi connectivity index (χ0v) is 20.8. The minimum absolute atomic E-state index is 0.263. The van der Waals surface area contributed by atoms with E-state index in [1.165, 1.54) is 0 Å². The Labute approximate surface area is 215 Å². The van der Waals surface area contributed by atoms with Gasteiger partial charge in [0.25, 0.3) is 5.91 Å². The normalized spacial score (nSPS) is 10.4. The number of nitriles is 1. The van der Waals surface area contributed by atoms with Gasteiger partial charge >= 0.3 is 0 Å². The molecule has 0 aliphatic heterocycles. The zero-order valence-electron chi connectivity index (χ0n) is 20.0. The van der Waals surface area contributed by atoms with E-state index in [1.54, 1.807) is 31.4 Å². The van der Waals surface area contributed by atoms with E-state index < -0.39 is 0 Å². The summed E-state index contributed by atoms with van der Waals surface area (Å²) in [6.07, 6.45) is 0.698. The molecule has 0 spiro atoms. The molecule has 5 nitrogen and oxygen atoms in total. The van der Waals surface area contributed by atoms with Crippen molar-refractivity contribution in [1.82, 2.24) is 0 Å². The lowest BCUT2D eigenvalue weighted by Gasteiger charge is -2.13. The molecule has 36 heavy (non-hydrogen) atoms. The standard InChI is InChI=1S/C30H25ClN2O3/c1-20-17-25(31)11-7-21(20)15-16-36-29-18-23(10-14-28(29)35-2)30(34)33-26-12-8-22(9-13-26)27-6-4-3-5-24(27)19-32/h3-14,17-18H,15-16H2,1-2H3,(H,33,34). The highest BCUT2D eigenvalue weighted by molar-refractivity contribution is 6.30. The fourth-order valence-corrected chi connectivity index (χ4v) is 4.14. The van der Waals surface area contributed by atoms with Gasteiger partial charge in [-0.15, -0.1) is 0 Å². The van der Waals surface area contributed by atoms with Gasteiger partial charge in [0.05, 0.1) is 25.3 Å². The van der Waals surface area contributed by atoms with Crippen LogP contribution in [0.4, 0.5) is 5.69 Å². The Balaban J connectivity index is 1.44. The van der Waals surface area contributed by atoms with Crippen LogP contribution in [0.3, 0.4) is 0 Å². The quantitative estimate of drug-likeness (QED) is 0.283. The van der Waals surface area contributed by atoms with Crippen molar-refractivity contribution in [3.05, 3.63) is 112 Å². The fourth-order valence-electron chi connectivity index (χ4n) is 3.91. The van der Waals surface area contributed by atoms with E-state index in [1.807, 2.05) is 67.6 Å². The number of halogens is 1. The molecular weight excluding hydrogens is 472 g/mol. The average Bonchev–Trinajstić information content (AvgIpc) is 2.90. The van der Waals surface area contributed by atoms with E-state index in [9.17, 15) is 10.1 Å². The molecule has 0 aromatic heterocycles. The minimum Gasteiger partial charge on any atom is -0.493 e. The van der Waals surface area contributed by atoms with Crippen LogP contribution in [0.25, 0.3) is 11.1 Å². The third-order valence-electron chi connectivity index (χ3n) is 5.86. The van der Waals surface area contributed by atoms with Crippen LogP contribution in [0.5, 0.6) is 11.5 Å². The third kappa shape index (κ3) is 5.86. The number of aryl methyl sites for hydroxylation is 1. The number of carbonyl (C=O) groups excluding carboxylic acids is 1. The molecule has 0 saturated heterocycles. The lowest BCUT2D eigenvalue weighted by molar-refractivity contribution is 0.102. The van der Waals surface area contributed by atoms with E-state index in [2.05, 4.69) is 11.4 Å². The van der Waals surface area contributed by atoms with E-state index >= 15 is 0 Å². The van der Waals surface area contributed by atoms with Crippen molar-refractivity contribution >= 4 is 23.2 Å². The van der Waals surface area contributed by atoms with Crippen molar-refractivity contribution in [3.8, 4) is 28.7 Å².